The number of aromatic amines is 1. The monoisotopic (exact) mass is 285 g/mol. The minimum atomic E-state index is -0.279. The van der Waals surface area contributed by atoms with Gasteiger partial charge in [0, 0.05) is 18.7 Å². The zero-order valence-corrected chi connectivity index (χ0v) is 12.0. The molecule has 1 aliphatic rings. The fourth-order valence-corrected chi connectivity index (χ4v) is 2.54. The van der Waals surface area contributed by atoms with Gasteiger partial charge in [-0.1, -0.05) is 29.8 Å². The number of likely N-dealkylation sites (tertiary alicyclic amines) is 1. The van der Waals surface area contributed by atoms with Crippen molar-refractivity contribution in [2.24, 2.45) is 0 Å². The van der Waals surface area contributed by atoms with E-state index in [0.717, 1.165) is 11.3 Å². The van der Waals surface area contributed by atoms with E-state index < -0.39 is 0 Å². The lowest BCUT2D eigenvalue weighted by molar-refractivity contribution is 0.0541. The van der Waals surface area contributed by atoms with Crippen LogP contribution in [0.5, 0.6) is 0 Å². The Hall–Kier alpha value is -2.14. The minimum absolute atomic E-state index is 0.0484. The molecule has 1 aliphatic heterocycles. The van der Waals surface area contributed by atoms with Crippen molar-refractivity contribution < 1.29 is 9.90 Å². The van der Waals surface area contributed by atoms with Crippen molar-refractivity contribution in [1.29, 1.82) is 0 Å². The van der Waals surface area contributed by atoms with E-state index in [1.807, 2.05) is 31.2 Å². The van der Waals surface area contributed by atoms with E-state index in [9.17, 15) is 9.90 Å². The average molecular weight is 285 g/mol. The third kappa shape index (κ3) is 2.97. The zero-order valence-electron chi connectivity index (χ0n) is 12.0. The first kappa shape index (κ1) is 13.8. The molecule has 1 amide bonds. The fraction of sp³-hybridized carbons (Fsp3) is 0.375. The van der Waals surface area contributed by atoms with Gasteiger partial charge in [-0.25, -0.2) is 0 Å². The Morgan fingerprint density at radius 1 is 1.29 bits per heavy atom. The molecule has 0 unspecified atom stereocenters. The molecule has 2 N–H and O–H groups in total. The molecule has 0 aliphatic carbocycles. The van der Waals surface area contributed by atoms with Crippen LogP contribution in [0.4, 0.5) is 0 Å². The van der Waals surface area contributed by atoms with Gasteiger partial charge in [0.25, 0.3) is 5.91 Å². The second-order valence-corrected chi connectivity index (χ2v) is 5.56. The van der Waals surface area contributed by atoms with Crippen molar-refractivity contribution in [2.45, 2.75) is 25.9 Å². The summed E-state index contributed by atoms with van der Waals surface area (Å²) in [6.07, 6.45) is 1.01. The molecule has 0 saturated carbocycles. The quantitative estimate of drug-likeness (QED) is 0.886. The van der Waals surface area contributed by atoms with E-state index in [-0.39, 0.29) is 12.0 Å². The molecule has 2 aromatic rings. The average Bonchev–Trinajstić information content (AvgIpc) is 2.98. The summed E-state index contributed by atoms with van der Waals surface area (Å²) in [5.74, 6) is -0.0484. The largest absolute Gasteiger partial charge is 0.393 e. The van der Waals surface area contributed by atoms with Gasteiger partial charge in [0.05, 0.1) is 11.8 Å². The van der Waals surface area contributed by atoms with Gasteiger partial charge in [0.2, 0.25) is 0 Å². The molecule has 1 aromatic heterocycles. The predicted molar refractivity (Wildman–Crippen MR) is 79.9 cm³/mol. The number of hydrogen-bond acceptors (Lipinski definition) is 3. The van der Waals surface area contributed by atoms with E-state index in [0.29, 0.717) is 31.6 Å². The first-order valence-corrected chi connectivity index (χ1v) is 7.23. The molecular formula is C16H19N3O2. The third-order valence-corrected chi connectivity index (χ3v) is 3.91. The molecule has 1 aromatic carbocycles. The van der Waals surface area contributed by atoms with Gasteiger partial charge in [-0.15, -0.1) is 0 Å². The highest BCUT2D eigenvalue weighted by Crippen LogP contribution is 2.20. The number of H-pyrrole nitrogens is 1. The number of aliphatic hydroxyl groups excluding tert-OH is 1. The number of piperidine rings is 1. The van der Waals surface area contributed by atoms with E-state index in [1.165, 1.54) is 5.56 Å². The molecule has 0 bridgehead atoms. The predicted octanol–water partition coefficient (Wildman–Crippen LogP) is 1.98. The topological polar surface area (TPSA) is 69.2 Å². The Kier molecular flexibility index (Phi) is 3.75. The number of rotatable bonds is 2. The number of aliphatic hydroxyl groups is 1. The molecule has 21 heavy (non-hydrogen) atoms. The third-order valence-electron chi connectivity index (χ3n) is 3.91. The van der Waals surface area contributed by atoms with Gasteiger partial charge in [0.15, 0.2) is 0 Å². The molecule has 0 radical (unpaired) electrons. The first-order valence-electron chi connectivity index (χ1n) is 7.23. The number of nitrogens with zero attached hydrogens (tertiary/aromatic N) is 2. The van der Waals surface area contributed by atoms with Crippen molar-refractivity contribution in [1.82, 2.24) is 15.1 Å². The number of nitrogens with one attached hydrogen (secondary N) is 1. The van der Waals surface area contributed by atoms with Gasteiger partial charge < -0.3 is 10.0 Å². The molecule has 0 atom stereocenters. The number of carbonyl (C=O) groups excluding carboxylic acids is 1. The van der Waals surface area contributed by atoms with Crippen LogP contribution < -0.4 is 0 Å². The van der Waals surface area contributed by atoms with Gasteiger partial charge in [-0.2, -0.15) is 5.10 Å². The standard InChI is InChI=1S/C16H19N3O2/c1-11-2-4-12(5-3-11)14-10-15(18-17-14)16(21)19-8-6-13(20)7-9-19/h2-5,10,13,20H,6-9H2,1H3,(H,17,18). The molecule has 0 spiro atoms. The highest BCUT2D eigenvalue weighted by Gasteiger charge is 2.23. The molecule has 110 valence electrons. The molecular weight excluding hydrogens is 266 g/mol. The summed E-state index contributed by atoms with van der Waals surface area (Å²) in [6.45, 7) is 3.23. The number of carbonyl (C=O) groups is 1. The summed E-state index contributed by atoms with van der Waals surface area (Å²) < 4.78 is 0. The molecule has 5 nitrogen and oxygen atoms in total. The Morgan fingerprint density at radius 3 is 2.62 bits per heavy atom. The first-order chi connectivity index (χ1) is 10.1. The second-order valence-electron chi connectivity index (χ2n) is 5.56. The maximum atomic E-state index is 12.4. The van der Waals surface area contributed by atoms with E-state index >= 15 is 0 Å². The number of amides is 1. The molecule has 1 fully saturated rings. The number of hydrogen-bond donors (Lipinski definition) is 2. The highest BCUT2D eigenvalue weighted by atomic mass is 16.3. The van der Waals surface area contributed by atoms with E-state index in [4.69, 9.17) is 0 Å². The number of aromatic nitrogens is 2. The Balaban J connectivity index is 1.75. The van der Waals surface area contributed by atoms with Gasteiger partial charge in [0.1, 0.15) is 5.69 Å². The highest BCUT2D eigenvalue weighted by molar-refractivity contribution is 5.93. The van der Waals surface area contributed by atoms with Crippen molar-refractivity contribution in [3.63, 3.8) is 0 Å². The van der Waals surface area contributed by atoms with Crippen molar-refractivity contribution in [2.75, 3.05) is 13.1 Å². The van der Waals surface area contributed by atoms with Crippen LogP contribution in [0.15, 0.2) is 30.3 Å². The van der Waals surface area contributed by atoms with Gasteiger partial charge in [-0.3, -0.25) is 9.89 Å². The Bertz CT molecular complexity index is 625. The van der Waals surface area contributed by atoms with Crippen molar-refractivity contribution in [3.05, 3.63) is 41.6 Å². The molecule has 5 heteroatoms. The minimum Gasteiger partial charge on any atom is -0.393 e. The smallest absolute Gasteiger partial charge is 0.271 e. The molecule has 1 saturated heterocycles. The van der Waals surface area contributed by atoms with Crippen LogP contribution in [0.25, 0.3) is 11.3 Å². The second kappa shape index (κ2) is 5.69. The molecule has 2 heterocycles. The van der Waals surface area contributed by atoms with Crippen LogP contribution in [-0.4, -0.2) is 45.3 Å². The summed E-state index contributed by atoms with van der Waals surface area (Å²) in [5.41, 5.74) is 3.46. The van der Waals surface area contributed by atoms with E-state index in [2.05, 4.69) is 10.2 Å². The van der Waals surface area contributed by atoms with Crippen LogP contribution in [0.1, 0.15) is 28.9 Å². The van der Waals surface area contributed by atoms with Crippen LogP contribution in [-0.2, 0) is 0 Å². The normalized spacial score (nSPS) is 16.2. The number of benzene rings is 1. The van der Waals surface area contributed by atoms with Crippen LogP contribution in [0.3, 0.4) is 0 Å². The SMILES string of the molecule is Cc1ccc(-c2cc(C(=O)N3CCC(O)CC3)[nH]n2)cc1. The van der Waals surface area contributed by atoms with Gasteiger partial charge in [-0.05, 0) is 25.8 Å². The van der Waals surface area contributed by atoms with Gasteiger partial charge >= 0.3 is 0 Å². The lowest BCUT2D eigenvalue weighted by Crippen LogP contribution is -2.40. The maximum Gasteiger partial charge on any atom is 0.271 e. The zero-order chi connectivity index (χ0) is 14.8. The fourth-order valence-electron chi connectivity index (χ4n) is 2.54. The summed E-state index contributed by atoms with van der Waals surface area (Å²) in [6, 6.07) is 9.83. The summed E-state index contributed by atoms with van der Waals surface area (Å²) in [7, 11) is 0. The number of aryl methyl sites for hydroxylation is 1. The van der Waals surface area contributed by atoms with Crippen LogP contribution >= 0.6 is 0 Å². The summed E-state index contributed by atoms with van der Waals surface area (Å²) >= 11 is 0. The molecule has 3 rings (SSSR count). The summed E-state index contributed by atoms with van der Waals surface area (Å²) in [5, 5.41) is 16.5. The maximum absolute atomic E-state index is 12.4. The van der Waals surface area contributed by atoms with Crippen molar-refractivity contribution in [3.8, 4) is 11.3 Å². The Morgan fingerprint density at radius 2 is 1.95 bits per heavy atom. The van der Waals surface area contributed by atoms with Crippen LogP contribution in [0, 0.1) is 6.92 Å². The van der Waals surface area contributed by atoms with Crippen LogP contribution in [0.2, 0.25) is 0 Å². The van der Waals surface area contributed by atoms with E-state index in [1.54, 1.807) is 11.0 Å². The lowest BCUT2D eigenvalue weighted by Gasteiger charge is -2.29. The Labute approximate surface area is 123 Å². The summed E-state index contributed by atoms with van der Waals surface area (Å²) in [4.78, 5) is 14.1. The lowest BCUT2D eigenvalue weighted by atomic mass is 10.1. The van der Waals surface area contributed by atoms with Crippen molar-refractivity contribution >= 4 is 5.91 Å².